The van der Waals surface area contributed by atoms with Crippen molar-refractivity contribution in [2.24, 2.45) is 0 Å². The Morgan fingerprint density at radius 2 is 1.82 bits per heavy atom. The molecule has 0 aliphatic carbocycles. The van der Waals surface area contributed by atoms with Gasteiger partial charge in [0.1, 0.15) is 6.10 Å². The molecule has 0 saturated carbocycles. The Kier molecular flexibility index (Phi) is 3.29. The van der Waals surface area contributed by atoms with Crippen molar-refractivity contribution in [3.05, 3.63) is 52.6 Å². The normalized spacial score (nSPS) is 12.7. The molecule has 0 amide bonds. The summed E-state index contributed by atoms with van der Waals surface area (Å²) in [6, 6.07) is 6.28. The van der Waals surface area contributed by atoms with E-state index in [9.17, 15) is 0 Å². The number of hydrogen-bond donors (Lipinski definition) is 1. The zero-order valence-corrected chi connectivity index (χ0v) is 10.7. The maximum atomic E-state index is 5.64. The number of nitrogens with one attached hydrogen (secondary N) is 1. The molecule has 1 aromatic carbocycles. The van der Waals surface area contributed by atoms with Gasteiger partial charge in [0.05, 0.1) is 12.0 Å². The van der Waals surface area contributed by atoms with Crippen LogP contribution in [0.3, 0.4) is 0 Å². The number of ether oxygens (including phenoxy) is 1. The number of nitrogens with zero attached hydrogens (tertiary/aromatic N) is 1. The maximum Gasteiger partial charge on any atom is 0.126 e. The Hall–Kier alpha value is -1.61. The smallest absolute Gasteiger partial charge is 0.126 e. The lowest BCUT2D eigenvalue weighted by atomic mass is 9.95. The van der Waals surface area contributed by atoms with Crippen molar-refractivity contribution in [1.82, 2.24) is 9.97 Å². The summed E-state index contributed by atoms with van der Waals surface area (Å²) in [5.41, 5.74) is 5.70. The molecule has 0 spiro atoms. The first-order valence-electron chi connectivity index (χ1n) is 5.74. The fraction of sp³-hybridized carbons (Fsp3) is 0.357. The Balaban J connectivity index is 2.53. The van der Waals surface area contributed by atoms with E-state index in [4.69, 9.17) is 4.74 Å². The van der Waals surface area contributed by atoms with Gasteiger partial charge in [-0.05, 0) is 37.5 Å². The topological polar surface area (TPSA) is 37.9 Å². The Morgan fingerprint density at radius 1 is 1.18 bits per heavy atom. The second-order valence-electron chi connectivity index (χ2n) is 4.33. The first-order valence-corrected chi connectivity index (χ1v) is 5.74. The van der Waals surface area contributed by atoms with E-state index in [1.165, 1.54) is 16.7 Å². The van der Waals surface area contributed by atoms with Crippen LogP contribution in [0.15, 0.2) is 24.5 Å². The number of aromatic nitrogens is 2. The van der Waals surface area contributed by atoms with Crippen molar-refractivity contribution < 1.29 is 4.74 Å². The van der Waals surface area contributed by atoms with Crippen LogP contribution in [0, 0.1) is 20.8 Å². The van der Waals surface area contributed by atoms with Crippen molar-refractivity contribution in [2.45, 2.75) is 26.9 Å². The minimum atomic E-state index is -0.0950. The SMILES string of the molecule is COC(c1nc[nH]c1C)c1c(C)cccc1C. The van der Waals surface area contributed by atoms with Gasteiger partial charge in [-0.25, -0.2) is 4.98 Å². The van der Waals surface area contributed by atoms with Crippen molar-refractivity contribution in [1.29, 1.82) is 0 Å². The molecular formula is C14H18N2O. The summed E-state index contributed by atoms with van der Waals surface area (Å²) in [7, 11) is 1.73. The van der Waals surface area contributed by atoms with Gasteiger partial charge in [-0.3, -0.25) is 0 Å². The summed E-state index contributed by atoms with van der Waals surface area (Å²) in [6.07, 6.45) is 1.62. The molecule has 0 aliphatic rings. The average molecular weight is 230 g/mol. The molecule has 0 fully saturated rings. The van der Waals surface area contributed by atoms with E-state index in [0.717, 1.165) is 11.4 Å². The van der Waals surface area contributed by atoms with Gasteiger partial charge in [0.15, 0.2) is 0 Å². The molecule has 0 aliphatic heterocycles. The second-order valence-corrected chi connectivity index (χ2v) is 4.33. The summed E-state index contributed by atoms with van der Waals surface area (Å²) in [5.74, 6) is 0. The fourth-order valence-electron chi connectivity index (χ4n) is 2.24. The van der Waals surface area contributed by atoms with Gasteiger partial charge in [0.2, 0.25) is 0 Å². The summed E-state index contributed by atoms with van der Waals surface area (Å²) in [4.78, 5) is 7.47. The van der Waals surface area contributed by atoms with Gasteiger partial charge in [0, 0.05) is 12.8 Å². The molecule has 2 aromatic rings. The molecule has 3 heteroatoms. The molecule has 1 aromatic heterocycles. The van der Waals surface area contributed by atoms with Crippen LogP contribution in [-0.2, 0) is 4.74 Å². The van der Waals surface area contributed by atoms with Gasteiger partial charge in [-0.15, -0.1) is 0 Å². The first kappa shape index (κ1) is 11.9. The van der Waals surface area contributed by atoms with Crippen molar-refractivity contribution in [3.8, 4) is 0 Å². The van der Waals surface area contributed by atoms with Crippen LogP contribution in [0.5, 0.6) is 0 Å². The van der Waals surface area contributed by atoms with Crippen molar-refractivity contribution >= 4 is 0 Å². The number of benzene rings is 1. The summed E-state index contributed by atoms with van der Waals surface area (Å²) >= 11 is 0. The predicted molar refractivity (Wildman–Crippen MR) is 68.1 cm³/mol. The van der Waals surface area contributed by atoms with Gasteiger partial charge < -0.3 is 9.72 Å². The first-order chi connectivity index (χ1) is 8.15. The van der Waals surface area contributed by atoms with Gasteiger partial charge >= 0.3 is 0 Å². The van der Waals surface area contributed by atoms with E-state index in [1.807, 2.05) is 6.92 Å². The summed E-state index contributed by atoms with van der Waals surface area (Å²) in [5, 5.41) is 0. The van der Waals surface area contributed by atoms with E-state index < -0.39 is 0 Å². The van der Waals surface area contributed by atoms with Crippen LogP contribution in [0.25, 0.3) is 0 Å². The van der Waals surface area contributed by atoms with E-state index in [1.54, 1.807) is 13.4 Å². The van der Waals surface area contributed by atoms with Gasteiger partial charge in [-0.2, -0.15) is 0 Å². The molecular weight excluding hydrogens is 212 g/mol. The number of imidazole rings is 1. The Bertz CT molecular complexity index is 496. The fourth-order valence-corrected chi connectivity index (χ4v) is 2.24. The monoisotopic (exact) mass is 230 g/mol. The van der Waals surface area contributed by atoms with E-state index >= 15 is 0 Å². The highest BCUT2D eigenvalue weighted by Crippen LogP contribution is 2.30. The van der Waals surface area contributed by atoms with Crippen LogP contribution < -0.4 is 0 Å². The molecule has 0 radical (unpaired) electrons. The van der Waals surface area contributed by atoms with Crippen LogP contribution in [0.2, 0.25) is 0 Å². The molecule has 2 rings (SSSR count). The molecule has 1 unspecified atom stereocenters. The molecule has 0 bridgehead atoms. The zero-order chi connectivity index (χ0) is 12.4. The van der Waals surface area contributed by atoms with E-state index in [2.05, 4.69) is 42.0 Å². The summed E-state index contributed by atoms with van der Waals surface area (Å²) in [6.45, 7) is 6.23. The van der Waals surface area contributed by atoms with Gasteiger partial charge in [0.25, 0.3) is 0 Å². The van der Waals surface area contributed by atoms with E-state index in [-0.39, 0.29) is 6.10 Å². The Labute approximate surface area is 102 Å². The van der Waals surface area contributed by atoms with Crippen LogP contribution in [-0.4, -0.2) is 17.1 Å². The van der Waals surface area contributed by atoms with Crippen LogP contribution in [0.1, 0.15) is 34.2 Å². The second kappa shape index (κ2) is 4.72. The zero-order valence-electron chi connectivity index (χ0n) is 10.7. The van der Waals surface area contributed by atoms with Crippen molar-refractivity contribution in [3.63, 3.8) is 0 Å². The minimum Gasteiger partial charge on any atom is -0.370 e. The lowest BCUT2D eigenvalue weighted by Gasteiger charge is -2.19. The highest BCUT2D eigenvalue weighted by molar-refractivity contribution is 5.39. The molecule has 17 heavy (non-hydrogen) atoms. The molecule has 3 nitrogen and oxygen atoms in total. The molecule has 1 heterocycles. The quantitative estimate of drug-likeness (QED) is 0.880. The number of hydrogen-bond acceptors (Lipinski definition) is 2. The average Bonchev–Trinajstić information content (AvgIpc) is 2.70. The number of methoxy groups -OCH3 is 1. The number of aryl methyl sites for hydroxylation is 3. The predicted octanol–water partition coefficient (Wildman–Crippen LogP) is 3.07. The number of rotatable bonds is 3. The van der Waals surface area contributed by atoms with Gasteiger partial charge in [-0.1, -0.05) is 18.2 Å². The van der Waals surface area contributed by atoms with Crippen LogP contribution in [0.4, 0.5) is 0 Å². The maximum absolute atomic E-state index is 5.64. The number of H-pyrrole nitrogens is 1. The van der Waals surface area contributed by atoms with Crippen molar-refractivity contribution in [2.75, 3.05) is 7.11 Å². The third-order valence-electron chi connectivity index (χ3n) is 3.16. The Morgan fingerprint density at radius 3 is 2.29 bits per heavy atom. The molecule has 1 N–H and O–H groups in total. The number of aromatic amines is 1. The highest BCUT2D eigenvalue weighted by Gasteiger charge is 2.21. The molecule has 0 saturated heterocycles. The minimum absolute atomic E-state index is 0.0950. The highest BCUT2D eigenvalue weighted by atomic mass is 16.5. The van der Waals surface area contributed by atoms with E-state index in [0.29, 0.717) is 0 Å². The third kappa shape index (κ3) is 2.11. The van der Waals surface area contributed by atoms with Crippen LogP contribution >= 0.6 is 0 Å². The largest absolute Gasteiger partial charge is 0.370 e. The standard InChI is InChI=1S/C14H18N2O/c1-9-6-5-7-10(2)12(9)14(17-4)13-11(3)15-8-16-13/h5-8,14H,1-4H3,(H,15,16). The third-order valence-corrected chi connectivity index (χ3v) is 3.16. The lowest BCUT2D eigenvalue weighted by Crippen LogP contribution is -2.09. The summed E-state index contributed by atoms with van der Waals surface area (Å²) < 4.78 is 5.64. The lowest BCUT2D eigenvalue weighted by molar-refractivity contribution is 0.131. The molecule has 90 valence electrons. The molecule has 1 atom stereocenters.